The fraction of sp³-hybridized carbons (Fsp3) is 0.200. The average Bonchev–Trinajstić information content (AvgIpc) is 2.91. The molecule has 0 radical (unpaired) electrons. The molecule has 1 aliphatic rings. The second kappa shape index (κ2) is 7.83. The number of anilines is 4. The SMILES string of the molecule is CN1c2ccc(Nc3ccnc(Cl)n3)cc2N(C)C1NCc1ccc(Cl)cc1. The summed E-state index contributed by atoms with van der Waals surface area (Å²) in [6, 6.07) is 15.9. The van der Waals surface area contributed by atoms with Crippen molar-refractivity contribution in [2.75, 3.05) is 29.2 Å². The van der Waals surface area contributed by atoms with E-state index in [1.54, 1.807) is 12.3 Å². The Labute approximate surface area is 174 Å². The van der Waals surface area contributed by atoms with Gasteiger partial charge in [0.2, 0.25) is 5.28 Å². The molecule has 2 aromatic carbocycles. The molecule has 2 heterocycles. The second-order valence-corrected chi connectivity index (χ2v) is 7.42. The quantitative estimate of drug-likeness (QED) is 0.599. The molecular formula is C20H20Cl2N6. The summed E-state index contributed by atoms with van der Waals surface area (Å²) in [4.78, 5) is 12.5. The van der Waals surface area contributed by atoms with Gasteiger partial charge in [-0.25, -0.2) is 9.97 Å². The van der Waals surface area contributed by atoms with E-state index in [0.717, 1.165) is 28.6 Å². The minimum Gasteiger partial charge on any atom is -0.340 e. The summed E-state index contributed by atoms with van der Waals surface area (Å²) in [6.07, 6.45) is 1.68. The third kappa shape index (κ3) is 3.85. The molecule has 144 valence electrons. The van der Waals surface area contributed by atoms with Crippen molar-refractivity contribution in [1.82, 2.24) is 15.3 Å². The van der Waals surface area contributed by atoms with E-state index in [0.29, 0.717) is 5.82 Å². The Morgan fingerprint density at radius 2 is 1.71 bits per heavy atom. The summed E-state index contributed by atoms with van der Waals surface area (Å²) in [7, 11) is 4.16. The van der Waals surface area contributed by atoms with Crippen LogP contribution in [0.25, 0.3) is 0 Å². The van der Waals surface area contributed by atoms with Crippen molar-refractivity contribution in [3.05, 3.63) is 70.6 Å². The summed E-state index contributed by atoms with van der Waals surface area (Å²) in [5, 5.41) is 7.83. The van der Waals surface area contributed by atoms with Gasteiger partial charge in [0.25, 0.3) is 0 Å². The van der Waals surface area contributed by atoms with Crippen LogP contribution >= 0.6 is 23.2 Å². The van der Waals surface area contributed by atoms with Gasteiger partial charge in [0.15, 0.2) is 6.29 Å². The predicted molar refractivity (Wildman–Crippen MR) is 116 cm³/mol. The highest BCUT2D eigenvalue weighted by Gasteiger charge is 2.30. The Kier molecular flexibility index (Phi) is 5.26. The molecule has 1 aliphatic heterocycles. The number of fused-ring (bicyclic) bond motifs is 1. The molecule has 0 saturated heterocycles. The third-order valence-electron chi connectivity index (χ3n) is 4.77. The highest BCUT2D eigenvalue weighted by atomic mass is 35.5. The first-order valence-electron chi connectivity index (χ1n) is 8.84. The van der Waals surface area contributed by atoms with Gasteiger partial charge in [0.05, 0.1) is 11.4 Å². The Hall–Kier alpha value is -2.54. The summed E-state index contributed by atoms with van der Waals surface area (Å²) >= 11 is 11.8. The molecule has 0 fully saturated rings. The highest BCUT2D eigenvalue weighted by molar-refractivity contribution is 6.30. The van der Waals surface area contributed by atoms with Gasteiger partial charge in [0, 0.05) is 37.5 Å². The molecule has 1 atom stereocenters. The molecule has 28 heavy (non-hydrogen) atoms. The number of benzene rings is 2. The summed E-state index contributed by atoms with van der Waals surface area (Å²) in [6.45, 7) is 0.745. The van der Waals surface area contributed by atoms with Gasteiger partial charge in [0.1, 0.15) is 5.82 Å². The lowest BCUT2D eigenvalue weighted by Gasteiger charge is -2.28. The Bertz CT molecular complexity index is 979. The van der Waals surface area contributed by atoms with Gasteiger partial charge < -0.3 is 15.1 Å². The molecule has 0 bridgehead atoms. The van der Waals surface area contributed by atoms with Crippen LogP contribution < -0.4 is 20.4 Å². The Balaban J connectivity index is 1.49. The number of aromatic nitrogens is 2. The fourth-order valence-corrected chi connectivity index (χ4v) is 3.62. The van der Waals surface area contributed by atoms with E-state index in [2.05, 4.69) is 56.6 Å². The Morgan fingerprint density at radius 3 is 2.46 bits per heavy atom. The van der Waals surface area contributed by atoms with Crippen LogP contribution in [0.3, 0.4) is 0 Å². The van der Waals surface area contributed by atoms with E-state index in [1.165, 1.54) is 5.56 Å². The lowest BCUT2D eigenvalue weighted by Crippen LogP contribution is -2.49. The molecule has 8 heteroatoms. The van der Waals surface area contributed by atoms with Gasteiger partial charge in [-0.3, -0.25) is 5.32 Å². The molecule has 0 spiro atoms. The fourth-order valence-electron chi connectivity index (χ4n) is 3.34. The van der Waals surface area contributed by atoms with Crippen molar-refractivity contribution >= 4 is 46.1 Å². The van der Waals surface area contributed by atoms with Crippen LogP contribution in [0.5, 0.6) is 0 Å². The molecule has 2 N–H and O–H groups in total. The van der Waals surface area contributed by atoms with Crippen LogP contribution in [-0.4, -0.2) is 30.4 Å². The minimum atomic E-state index is 0.0504. The van der Waals surface area contributed by atoms with E-state index in [4.69, 9.17) is 23.2 Å². The van der Waals surface area contributed by atoms with Crippen molar-refractivity contribution in [1.29, 1.82) is 0 Å². The predicted octanol–water partition coefficient (Wildman–Crippen LogP) is 4.49. The third-order valence-corrected chi connectivity index (χ3v) is 5.20. The van der Waals surface area contributed by atoms with E-state index < -0.39 is 0 Å². The smallest absolute Gasteiger partial charge is 0.224 e. The number of rotatable bonds is 5. The van der Waals surface area contributed by atoms with Gasteiger partial charge in [-0.05, 0) is 53.6 Å². The van der Waals surface area contributed by atoms with Crippen molar-refractivity contribution in [2.24, 2.45) is 0 Å². The van der Waals surface area contributed by atoms with Gasteiger partial charge in [-0.2, -0.15) is 0 Å². The van der Waals surface area contributed by atoms with E-state index in [1.807, 2.05) is 30.3 Å². The number of hydrogen-bond acceptors (Lipinski definition) is 6. The van der Waals surface area contributed by atoms with Crippen LogP contribution in [0.2, 0.25) is 10.3 Å². The van der Waals surface area contributed by atoms with Crippen LogP contribution in [0.1, 0.15) is 5.56 Å². The topological polar surface area (TPSA) is 56.3 Å². The van der Waals surface area contributed by atoms with Gasteiger partial charge in [-0.15, -0.1) is 0 Å². The monoisotopic (exact) mass is 414 g/mol. The van der Waals surface area contributed by atoms with Gasteiger partial charge >= 0.3 is 0 Å². The molecule has 6 nitrogen and oxygen atoms in total. The van der Waals surface area contributed by atoms with E-state index in [-0.39, 0.29) is 11.6 Å². The molecule has 4 rings (SSSR count). The van der Waals surface area contributed by atoms with Crippen molar-refractivity contribution in [3.63, 3.8) is 0 Å². The molecule has 0 saturated carbocycles. The van der Waals surface area contributed by atoms with Gasteiger partial charge in [-0.1, -0.05) is 23.7 Å². The maximum Gasteiger partial charge on any atom is 0.224 e. The number of halogens is 2. The Morgan fingerprint density at radius 1 is 0.964 bits per heavy atom. The summed E-state index contributed by atoms with van der Waals surface area (Å²) in [5.74, 6) is 0.659. The number of hydrogen-bond donors (Lipinski definition) is 2. The maximum atomic E-state index is 5.97. The average molecular weight is 415 g/mol. The van der Waals surface area contributed by atoms with Crippen LogP contribution in [-0.2, 0) is 6.54 Å². The maximum absolute atomic E-state index is 5.97. The highest BCUT2D eigenvalue weighted by Crippen LogP contribution is 2.39. The first-order valence-corrected chi connectivity index (χ1v) is 9.60. The molecular weight excluding hydrogens is 395 g/mol. The molecule has 1 unspecified atom stereocenters. The van der Waals surface area contributed by atoms with Crippen molar-refractivity contribution in [2.45, 2.75) is 12.8 Å². The van der Waals surface area contributed by atoms with Crippen LogP contribution in [0.15, 0.2) is 54.7 Å². The van der Waals surface area contributed by atoms with E-state index >= 15 is 0 Å². The second-order valence-electron chi connectivity index (χ2n) is 6.64. The minimum absolute atomic E-state index is 0.0504. The van der Waals surface area contributed by atoms with E-state index in [9.17, 15) is 0 Å². The van der Waals surface area contributed by atoms with Crippen molar-refractivity contribution < 1.29 is 0 Å². The summed E-state index contributed by atoms with van der Waals surface area (Å²) < 4.78 is 0. The number of nitrogens with one attached hydrogen (secondary N) is 2. The largest absolute Gasteiger partial charge is 0.340 e. The van der Waals surface area contributed by atoms with Crippen LogP contribution in [0, 0.1) is 0 Å². The number of nitrogens with zero attached hydrogens (tertiary/aromatic N) is 4. The standard InChI is InChI=1S/C20H20Cl2N6/c1-27-16-8-7-15(25-18-9-10-23-19(22)26-18)11-17(16)28(2)20(27)24-12-13-3-5-14(21)6-4-13/h3-11,20,24H,12H2,1-2H3,(H,23,25,26). The first-order chi connectivity index (χ1) is 13.5. The zero-order valence-corrected chi connectivity index (χ0v) is 17.0. The molecule has 1 aromatic heterocycles. The lowest BCUT2D eigenvalue weighted by atomic mass is 10.2. The lowest BCUT2D eigenvalue weighted by molar-refractivity contribution is 0.515. The van der Waals surface area contributed by atoms with Crippen molar-refractivity contribution in [3.8, 4) is 0 Å². The zero-order valence-electron chi connectivity index (χ0n) is 15.5. The molecule has 0 aliphatic carbocycles. The molecule has 0 amide bonds. The normalized spacial score (nSPS) is 15.6. The molecule has 3 aromatic rings. The summed E-state index contributed by atoms with van der Waals surface area (Å²) in [5.41, 5.74) is 4.40. The first kappa shape index (κ1) is 18.8. The zero-order chi connectivity index (χ0) is 19.7. The van der Waals surface area contributed by atoms with Crippen LogP contribution in [0.4, 0.5) is 22.9 Å².